The van der Waals surface area contributed by atoms with Crippen LogP contribution >= 0.6 is 15.9 Å². The molecule has 0 aliphatic heterocycles. The molecule has 2 N–H and O–H groups in total. The molecule has 0 radical (unpaired) electrons. The van der Waals surface area contributed by atoms with Gasteiger partial charge in [-0.1, -0.05) is 12.1 Å². The first-order valence-corrected chi connectivity index (χ1v) is 6.54. The van der Waals surface area contributed by atoms with E-state index in [1.165, 1.54) is 0 Å². The molecule has 0 aliphatic rings. The lowest BCUT2D eigenvalue weighted by Crippen LogP contribution is -1.95. The summed E-state index contributed by atoms with van der Waals surface area (Å²) in [7, 11) is 0. The van der Waals surface area contributed by atoms with Gasteiger partial charge in [-0.2, -0.15) is 5.10 Å². The third-order valence-corrected chi connectivity index (χ3v) is 3.44. The Labute approximate surface area is 119 Å². The summed E-state index contributed by atoms with van der Waals surface area (Å²) in [5.41, 5.74) is 9.53. The Bertz CT molecular complexity index is 703. The highest BCUT2D eigenvalue weighted by Crippen LogP contribution is 2.23. The van der Waals surface area contributed by atoms with Gasteiger partial charge >= 0.3 is 0 Å². The average Bonchev–Trinajstić information content (AvgIpc) is 2.89. The minimum Gasteiger partial charge on any atom is -0.399 e. The number of nitrogens with two attached hydrogens (primary N) is 1. The largest absolute Gasteiger partial charge is 0.399 e. The molecule has 0 saturated carbocycles. The number of halogens is 1. The zero-order valence-electron chi connectivity index (χ0n) is 9.99. The molecule has 4 nitrogen and oxygen atoms in total. The molecular weight excluding hydrogens is 304 g/mol. The summed E-state index contributed by atoms with van der Waals surface area (Å²) in [5.74, 6) is 0. The fraction of sp³-hybridized carbons (Fsp3) is 0. The molecular formula is C14H11BrN4. The summed E-state index contributed by atoms with van der Waals surface area (Å²) >= 11 is 3.47. The van der Waals surface area contributed by atoms with E-state index in [2.05, 4.69) is 26.0 Å². The van der Waals surface area contributed by atoms with Crippen molar-refractivity contribution in [2.75, 3.05) is 5.73 Å². The summed E-state index contributed by atoms with van der Waals surface area (Å²) in [6.45, 7) is 0. The molecule has 0 fully saturated rings. The maximum absolute atomic E-state index is 5.69. The van der Waals surface area contributed by atoms with E-state index >= 15 is 0 Å². The number of aromatic nitrogens is 3. The van der Waals surface area contributed by atoms with Gasteiger partial charge in [0, 0.05) is 29.8 Å². The molecule has 0 saturated heterocycles. The summed E-state index contributed by atoms with van der Waals surface area (Å²) in [4.78, 5) is 4.04. The number of rotatable bonds is 2. The Kier molecular flexibility index (Phi) is 3.05. The van der Waals surface area contributed by atoms with Gasteiger partial charge in [0.05, 0.1) is 16.4 Å². The van der Waals surface area contributed by atoms with Crippen molar-refractivity contribution in [3.05, 3.63) is 59.6 Å². The topological polar surface area (TPSA) is 56.7 Å². The van der Waals surface area contributed by atoms with E-state index in [0.29, 0.717) is 0 Å². The van der Waals surface area contributed by atoms with Gasteiger partial charge in [0.15, 0.2) is 0 Å². The van der Waals surface area contributed by atoms with Gasteiger partial charge in [-0.05, 0) is 39.7 Å². The van der Waals surface area contributed by atoms with Crippen molar-refractivity contribution in [1.29, 1.82) is 0 Å². The predicted molar refractivity (Wildman–Crippen MR) is 78.9 cm³/mol. The van der Waals surface area contributed by atoms with Crippen molar-refractivity contribution in [3.63, 3.8) is 0 Å². The number of hydrogen-bond acceptors (Lipinski definition) is 3. The van der Waals surface area contributed by atoms with Gasteiger partial charge in [-0.15, -0.1) is 0 Å². The number of anilines is 1. The number of nitrogen functional groups attached to an aromatic ring is 1. The van der Waals surface area contributed by atoms with Crippen LogP contribution in [0, 0.1) is 0 Å². The molecule has 19 heavy (non-hydrogen) atoms. The molecule has 1 aromatic carbocycles. The maximum Gasteiger partial charge on any atom is 0.0818 e. The van der Waals surface area contributed by atoms with Gasteiger partial charge < -0.3 is 5.73 Å². The highest BCUT2D eigenvalue weighted by atomic mass is 79.9. The monoisotopic (exact) mass is 314 g/mol. The fourth-order valence-corrected chi connectivity index (χ4v) is 2.26. The van der Waals surface area contributed by atoms with E-state index in [1.807, 2.05) is 47.4 Å². The molecule has 3 aromatic rings. The van der Waals surface area contributed by atoms with Crippen LogP contribution in [0.1, 0.15) is 0 Å². The Morgan fingerprint density at radius 2 is 1.79 bits per heavy atom. The van der Waals surface area contributed by atoms with Crippen LogP contribution in [0.3, 0.4) is 0 Å². The van der Waals surface area contributed by atoms with Gasteiger partial charge in [-0.25, -0.2) is 4.68 Å². The van der Waals surface area contributed by atoms with Crippen LogP contribution in [-0.4, -0.2) is 14.8 Å². The molecule has 2 aromatic heterocycles. The summed E-state index contributed by atoms with van der Waals surface area (Å²) in [6, 6.07) is 9.64. The van der Waals surface area contributed by atoms with Crippen molar-refractivity contribution < 1.29 is 0 Å². The van der Waals surface area contributed by atoms with Gasteiger partial charge in [-0.3, -0.25) is 4.98 Å². The first kappa shape index (κ1) is 11.9. The van der Waals surface area contributed by atoms with Crippen molar-refractivity contribution in [1.82, 2.24) is 14.8 Å². The minimum atomic E-state index is 0.757. The van der Waals surface area contributed by atoms with Gasteiger partial charge in [0.25, 0.3) is 0 Å². The van der Waals surface area contributed by atoms with Crippen LogP contribution in [0.2, 0.25) is 0 Å². The maximum atomic E-state index is 5.69. The molecule has 94 valence electrons. The molecule has 0 unspecified atom stereocenters. The Morgan fingerprint density at radius 1 is 1.00 bits per heavy atom. The van der Waals surface area contributed by atoms with E-state index in [4.69, 9.17) is 5.73 Å². The Balaban J connectivity index is 2.00. The van der Waals surface area contributed by atoms with Crippen LogP contribution in [0.5, 0.6) is 0 Å². The number of nitrogens with zero attached hydrogens (tertiary/aromatic N) is 3. The molecule has 0 aliphatic carbocycles. The van der Waals surface area contributed by atoms with E-state index < -0.39 is 0 Å². The van der Waals surface area contributed by atoms with Crippen molar-refractivity contribution in [2.24, 2.45) is 0 Å². The SMILES string of the molecule is Nc1ccc(-c2cnn(-c3ccncc3Br)c2)cc1. The highest BCUT2D eigenvalue weighted by Gasteiger charge is 2.06. The van der Waals surface area contributed by atoms with Crippen molar-refractivity contribution >= 4 is 21.6 Å². The first-order chi connectivity index (χ1) is 9.24. The Morgan fingerprint density at radius 3 is 2.53 bits per heavy atom. The van der Waals surface area contributed by atoms with Crippen molar-refractivity contribution in [2.45, 2.75) is 0 Å². The second-order valence-corrected chi connectivity index (χ2v) is 4.98. The molecule has 0 amide bonds. The van der Waals surface area contributed by atoms with Gasteiger partial charge in [0.1, 0.15) is 0 Å². The first-order valence-electron chi connectivity index (χ1n) is 5.74. The number of pyridine rings is 1. The number of benzene rings is 1. The predicted octanol–water partition coefficient (Wildman–Crippen LogP) is 3.28. The summed E-state index contributed by atoms with van der Waals surface area (Å²) in [5, 5.41) is 4.37. The lowest BCUT2D eigenvalue weighted by Gasteiger charge is -2.02. The Hall–Kier alpha value is -2.14. The van der Waals surface area contributed by atoms with E-state index in [0.717, 1.165) is 27.0 Å². The van der Waals surface area contributed by atoms with E-state index in [1.54, 1.807) is 12.4 Å². The standard InChI is InChI=1S/C14H11BrN4/c15-13-8-17-6-5-14(13)19-9-11(7-18-19)10-1-3-12(16)4-2-10/h1-9H,16H2. The molecule has 0 atom stereocenters. The lowest BCUT2D eigenvalue weighted by molar-refractivity contribution is 0.873. The molecule has 0 spiro atoms. The molecule has 0 bridgehead atoms. The second kappa shape index (κ2) is 4.85. The molecule has 5 heteroatoms. The fourth-order valence-electron chi connectivity index (χ4n) is 1.83. The average molecular weight is 315 g/mol. The third kappa shape index (κ3) is 2.37. The molecule has 3 rings (SSSR count). The normalized spacial score (nSPS) is 10.6. The van der Waals surface area contributed by atoms with Gasteiger partial charge in [0.2, 0.25) is 0 Å². The number of hydrogen-bond donors (Lipinski definition) is 1. The minimum absolute atomic E-state index is 0.757. The third-order valence-electron chi connectivity index (χ3n) is 2.82. The van der Waals surface area contributed by atoms with Crippen LogP contribution in [0.15, 0.2) is 59.6 Å². The summed E-state index contributed by atoms with van der Waals surface area (Å²) < 4.78 is 2.72. The molecule has 2 heterocycles. The van der Waals surface area contributed by atoms with Crippen molar-refractivity contribution in [3.8, 4) is 16.8 Å². The summed E-state index contributed by atoms with van der Waals surface area (Å²) in [6.07, 6.45) is 7.30. The van der Waals surface area contributed by atoms with Crippen LogP contribution in [0.4, 0.5) is 5.69 Å². The quantitative estimate of drug-likeness (QED) is 0.738. The highest BCUT2D eigenvalue weighted by molar-refractivity contribution is 9.10. The zero-order valence-corrected chi connectivity index (χ0v) is 11.6. The van der Waals surface area contributed by atoms with E-state index in [-0.39, 0.29) is 0 Å². The van der Waals surface area contributed by atoms with Crippen LogP contribution < -0.4 is 5.73 Å². The smallest absolute Gasteiger partial charge is 0.0818 e. The van der Waals surface area contributed by atoms with Crippen LogP contribution in [0.25, 0.3) is 16.8 Å². The zero-order chi connectivity index (χ0) is 13.2. The van der Waals surface area contributed by atoms with E-state index in [9.17, 15) is 0 Å². The van der Waals surface area contributed by atoms with Crippen LogP contribution in [-0.2, 0) is 0 Å². The lowest BCUT2D eigenvalue weighted by atomic mass is 10.1. The second-order valence-electron chi connectivity index (χ2n) is 4.12.